The molecule has 2 N–H and O–H groups in total. The van der Waals surface area contributed by atoms with E-state index in [1.165, 1.54) is 12.8 Å². The summed E-state index contributed by atoms with van der Waals surface area (Å²) in [5, 5.41) is 18.8. The van der Waals surface area contributed by atoms with Crippen molar-refractivity contribution < 1.29 is 19.7 Å². The van der Waals surface area contributed by atoms with Crippen LogP contribution in [0.3, 0.4) is 0 Å². The maximum Gasteiger partial charge on any atom is 0.303 e. The van der Waals surface area contributed by atoms with Crippen LogP contribution in [-0.4, -0.2) is 34.5 Å². The normalized spacial score (nSPS) is 29.8. The summed E-state index contributed by atoms with van der Waals surface area (Å²) in [6, 6.07) is 0. The fourth-order valence-corrected chi connectivity index (χ4v) is 4.09. The van der Waals surface area contributed by atoms with Crippen LogP contribution < -0.4 is 0 Å². The van der Waals surface area contributed by atoms with Gasteiger partial charge in [-0.25, -0.2) is 0 Å². The van der Waals surface area contributed by atoms with Crippen LogP contribution >= 0.6 is 0 Å². The van der Waals surface area contributed by atoms with Gasteiger partial charge in [-0.1, -0.05) is 50.5 Å². The highest BCUT2D eigenvalue weighted by Crippen LogP contribution is 2.45. The molecule has 0 aromatic heterocycles. The first kappa shape index (κ1) is 20.2. The third-order valence-corrected chi connectivity index (χ3v) is 5.48. The molecule has 0 unspecified atom stereocenters. The number of fused-ring (bicyclic) bond motifs is 2. The zero-order chi connectivity index (χ0) is 18.1. The fraction of sp³-hybridized carbons (Fsp3) is 0.762. The van der Waals surface area contributed by atoms with Gasteiger partial charge in [0.05, 0.1) is 18.3 Å². The number of hydrogen-bond acceptors (Lipinski definition) is 3. The molecule has 25 heavy (non-hydrogen) atoms. The lowest BCUT2D eigenvalue weighted by atomic mass is 9.77. The topological polar surface area (TPSA) is 66.8 Å². The van der Waals surface area contributed by atoms with Crippen molar-refractivity contribution in [1.82, 2.24) is 0 Å². The van der Waals surface area contributed by atoms with Gasteiger partial charge in [0.15, 0.2) is 0 Å². The van der Waals surface area contributed by atoms with Crippen molar-refractivity contribution in [3.8, 4) is 0 Å². The highest BCUT2D eigenvalue weighted by molar-refractivity contribution is 5.66. The first-order valence-electron chi connectivity index (χ1n) is 10.0. The van der Waals surface area contributed by atoms with E-state index in [2.05, 4.69) is 25.2 Å². The Balaban J connectivity index is 1.78. The zero-order valence-electron chi connectivity index (χ0n) is 15.5. The summed E-state index contributed by atoms with van der Waals surface area (Å²) in [5.74, 6) is 0.175. The molecule has 4 heteroatoms. The monoisotopic (exact) mass is 350 g/mol. The smallest absolute Gasteiger partial charge is 0.303 e. The minimum Gasteiger partial charge on any atom is -0.481 e. The first-order valence-corrected chi connectivity index (χ1v) is 10.0. The van der Waals surface area contributed by atoms with E-state index < -0.39 is 5.97 Å². The number of aliphatic hydroxyl groups is 1. The van der Waals surface area contributed by atoms with Gasteiger partial charge in [0.2, 0.25) is 0 Å². The molecule has 0 amide bonds. The number of carboxylic acid groups (broad SMARTS) is 1. The lowest BCUT2D eigenvalue weighted by Crippen LogP contribution is -2.25. The number of aliphatic carboxylic acids is 1. The number of carboxylic acids is 1. The van der Waals surface area contributed by atoms with Gasteiger partial charge in [-0.3, -0.25) is 4.79 Å². The van der Waals surface area contributed by atoms with Crippen LogP contribution in [0.5, 0.6) is 0 Å². The summed E-state index contributed by atoms with van der Waals surface area (Å²) >= 11 is 0. The van der Waals surface area contributed by atoms with Crippen LogP contribution in [0.2, 0.25) is 0 Å². The van der Waals surface area contributed by atoms with Crippen molar-refractivity contribution in [1.29, 1.82) is 0 Å². The van der Waals surface area contributed by atoms with Crippen molar-refractivity contribution in [2.24, 2.45) is 11.8 Å². The van der Waals surface area contributed by atoms with Crippen LogP contribution in [0, 0.1) is 11.8 Å². The summed E-state index contributed by atoms with van der Waals surface area (Å²) in [6.07, 6.45) is 18.1. The number of aliphatic hydroxyl groups excluding tert-OH is 1. The lowest BCUT2D eigenvalue weighted by Gasteiger charge is -2.25. The quantitative estimate of drug-likeness (QED) is 0.402. The molecular weight excluding hydrogens is 316 g/mol. The largest absolute Gasteiger partial charge is 0.481 e. The molecule has 2 saturated heterocycles. The van der Waals surface area contributed by atoms with Crippen LogP contribution in [-0.2, 0) is 9.53 Å². The minimum atomic E-state index is -0.724. The molecule has 5 atom stereocenters. The van der Waals surface area contributed by atoms with E-state index in [0.717, 1.165) is 38.5 Å². The predicted molar refractivity (Wildman–Crippen MR) is 99.4 cm³/mol. The van der Waals surface area contributed by atoms with E-state index >= 15 is 0 Å². The molecule has 0 radical (unpaired) electrons. The Bertz CT molecular complexity index is 457. The molecule has 142 valence electrons. The Morgan fingerprint density at radius 2 is 2.00 bits per heavy atom. The molecule has 2 rings (SSSR count). The molecule has 2 fully saturated rings. The Morgan fingerprint density at radius 3 is 2.76 bits per heavy atom. The number of carbonyl (C=O) groups is 1. The predicted octanol–water partition coefficient (Wildman–Crippen LogP) is 4.48. The molecule has 0 aromatic rings. The van der Waals surface area contributed by atoms with E-state index in [0.29, 0.717) is 30.5 Å². The standard InChI is InChI=1S/C21H34O4/c1-2-3-6-9-16(22)12-13-18-17(19-14-15-20(18)25-19)10-7-4-5-8-11-21(23)24/h4,7,12-13,16-20,22H,2-3,5-6,8-11,14-15H2,1H3,(H,23,24)/b7-4-,13-12+/t16-,17-,18+,19+,20+/m1/s1. The second-order valence-electron chi connectivity index (χ2n) is 7.47. The van der Waals surface area contributed by atoms with E-state index in [4.69, 9.17) is 9.84 Å². The number of rotatable bonds is 12. The maximum absolute atomic E-state index is 10.5. The van der Waals surface area contributed by atoms with Gasteiger partial charge in [0.1, 0.15) is 0 Å². The minimum absolute atomic E-state index is 0.239. The third-order valence-electron chi connectivity index (χ3n) is 5.48. The molecule has 2 aliphatic heterocycles. The average molecular weight is 350 g/mol. The molecule has 2 bridgehead atoms. The van der Waals surface area contributed by atoms with Crippen LogP contribution in [0.15, 0.2) is 24.3 Å². The van der Waals surface area contributed by atoms with Gasteiger partial charge >= 0.3 is 5.97 Å². The van der Waals surface area contributed by atoms with E-state index in [9.17, 15) is 9.90 Å². The number of ether oxygens (including phenoxy) is 1. The van der Waals surface area contributed by atoms with Crippen LogP contribution in [0.4, 0.5) is 0 Å². The first-order chi connectivity index (χ1) is 12.1. The second kappa shape index (κ2) is 10.8. The molecule has 2 aliphatic rings. The molecular formula is C21H34O4. The van der Waals surface area contributed by atoms with Gasteiger partial charge < -0.3 is 14.9 Å². The van der Waals surface area contributed by atoms with Crippen molar-refractivity contribution in [3.63, 3.8) is 0 Å². The van der Waals surface area contributed by atoms with Crippen molar-refractivity contribution in [3.05, 3.63) is 24.3 Å². The molecule has 2 heterocycles. The summed E-state index contributed by atoms with van der Waals surface area (Å²) < 4.78 is 6.09. The van der Waals surface area contributed by atoms with Gasteiger partial charge in [0.25, 0.3) is 0 Å². The molecule has 0 spiro atoms. The van der Waals surface area contributed by atoms with Gasteiger partial charge in [0, 0.05) is 12.3 Å². The van der Waals surface area contributed by atoms with Crippen molar-refractivity contribution in [2.75, 3.05) is 0 Å². The van der Waals surface area contributed by atoms with Crippen molar-refractivity contribution >= 4 is 5.97 Å². The Kier molecular flexibility index (Phi) is 8.70. The van der Waals surface area contributed by atoms with Gasteiger partial charge in [-0.2, -0.15) is 0 Å². The Labute approximate surface area is 152 Å². The molecule has 0 saturated carbocycles. The highest BCUT2D eigenvalue weighted by Gasteiger charge is 2.46. The summed E-state index contributed by atoms with van der Waals surface area (Å²) in [7, 11) is 0. The number of allylic oxidation sites excluding steroid dienone is 2. The van der Waals surface area contributed by atoms with E-state index in [1.807, 2.05) is 6.08 Å². The average Bonchev–Trinajstić information content (AvgIpc) is 3.17. The SMILES string of the molecule is CCCCC[C@@H](O)/C=C/[C@H]1[C@@H](C/C=C\CCCC(=O)O)[C@@H]2CC[C@@H]1O2. The van der Waals surface area contributed by atoms with E-state index in [-0.39, 0.29) is 12.5 Å². The molecule has 0 aliphatic carbocycles. The molecule has 4 nitrogen and oxygen atoms in total. The number of unbranched alkanes of at least 4 members (excludes halogenated alkanes) is 3. The second-order valence-corrected chi connectivity index (χ2v) is 7.47. The van der Waals surface area contributed by atoms with Gasteiger partial charge in [-0.05, 0) is 44.4 Å². The number of hydrogen-bond donors (Lipinski definition) is 2. The summed E-state index contributed by atoms with van der Waals surface area (Å²) in [4.78, 5) is 10.5. The van der Waals surface area contributed by atoms with E-state index in [1.54, 1.807) is 0 Å². The lowest BCUT2D eigenvalue weighted by molar-refractivity contribution is -0.137. The fourth-order valence-electron chi connectivity index (χ4n) is 4.09. The Morgan fingerprint density at radius 1 is 1.20 bits per heavy atom. The zero-order valence-corrected chi connectivity index (χ0v) is 15.5. The van der Waals surface area contributed by atoms with Crippen LogP contribution in [0.25, 0.3) is 0 Å². The maximum atomic E-state index is 10.5. The third kappa shape index (κ3) is 6.59. The van der Waals surface area contributed by atoms with Crippen molar-refractivity contribution in [2.45, 2.75) is 89.4 Å². The van der Waals surface area contributed by atoms with Crippen LogP contribution in [0.1, 0.15) is 71.1 Å². The Hall–Kier alpha value is -1.13. The summed E-state index contributed by atoms with van der Waals surface area (Å²) in [6.45, 7) is 2.18. The van der Waals surface area contributed by atoms with Gasteiger partial charge in [-0.15, -0.1) is 0 Å². The highest BCUT2D eigenvalue weighted by atomic mass is 16.5. The summed E-state index contributed by atoms with van der Waals surface area (Å²) in [5.41, 5.74) is 0. The molecule has 0 aromatic carbocycles.